The fourth-order valence-electron chi connectivity index (χ4n) is 3.13. The quantitative estimate of drug-likeness (QED) is 0.585. The molecule has 0 radical (unpaired) electrons. The van der Waals surface area contributed by atoms with Crippen LogP contribution in [0.15, 0.2) is 53.6 Å². The van der Waals surface area contributed by atoms with Crippen LogP contribution in [0.3, 0.4) is 0 Å². The molecule has 0 fully saturated rings. The molecule has 2 aromatic carbocycles. The molecule has 0 saturated carbocycles. The highest BCUT2D eigenvalue weighted by atomic mass is 35.5. The minimum absolute atomic E-state index is 0.157. The van der Waals surface area contributed by atoms with E-state index in [1.54, 1.807) is 4.90 Å². The van der Waals surface area contributed by atoms with Gasteiger partial charge >= 0.3 is 0 Å². The second-order valence-electron chi connectivity index (χ2n) is 6.59. The number of hydrogen-bond acceptors (Lipinski definition) is 4. The number of aliphatic hydroxyl groups excluding tert-OH is 1. The molecule has 4 rings (SSSR count). The zero-order chi connectivity index (χ0) is 19.1. The van der Waals surface area contributed by atoms with Crippen molar-refractivity contribution in [3.63, 3.8) is 0 Å². The van der Waals surface area contributed by atoms with Crippen LogP contribution in [0.4, 0.5) is 5.69 Å². The Labute approximate surface area is 166 Å². The summed E-state index contributed by atoms with van der Waals surface area (Å²) in [5.41, 5.74) is 5.37. The summed E-state index contributed by atoms with van der Waals surface area (Å²) in [5, 5.41) is 22.4. The number of nitrogens with zero attached hydrogens (tertiary/aromatic N) is 2. The van der Waals surface area contributed by atoms with Crippen molar-refractivity contribution >= 4 is 40.0 Å². The second-order valence-corrected chi connectivity index (χ2v) is 7.89. The average molecular weight is 396 g/mol. The Morgan fingerprint density at radius 1 is 1.15 bits per heavy atom. The Bertz CT molecular complexity index is 1070. The molecule has 2 heterocycles. The highest BCUT2D eigenvalue weighted by Crippen LogP contribution is 2.36. The maximum atomic E-state index is 10.6. The van der Waals surface area contributed by atoms with Gasteiger partial charge in [-0.1, -0.05) is 47.5 Å². The average Bonchev–Trinajstić information content (AvgIpc) is 3.22. The van der Waals surface area contributed by atoms with Crippen LogP contribution in [0.1, 0.15) is 16.1 Å². The van der Waals surface area contributed by atoms with E-state index in [0.717, 1.165) is 22.5 Å². The fraction of sp³-hybridized carbons (Fsp3) is 0.143. The molecule has 0 bridgehead atoms. The number of halogens is 1. The van der Waals surface area contributed by atoms with Crippen molar-refractivity contribution in [2.75, 3.05) is 11.4 Å². The van der Waals surface area contributed by atoms with Crippen LogP contribution in [0.5, 0.6) is 0 Å². The van der Waals surface area contributed by atoms with E-state index in [1.165, 1.54) is 16.9 Å². The molecule has 0 amide bonds. The molecule has 27 heavy (non-hydrogen) atoms. The van der Waals surface area contributed by atoms with E-state index in [4.69, 9.17) is 17.0 Å². The van der Waals surface area contributed by atoms with Gasteiger partial charge in [-0.15, -0.1) is 11.3 Å². The molecule has 0 saturated heterocycles. The number of anilines is 1. The first-order chi connectivity index (χ1) is 12.9. The summed E-state index contributed by atoms with van der Waals surface area (Å²) < 4.78 is 0. The molecule has 0 spiro atoms. The summed E-state index contributed by atoms with van der Waals surface area (Å²) in [7, 11) is 0. The molecular weight excluding hydrogens is 378 g/mol. The normalized spacial score (nSPS) is 14.3. The van der Waals surface area contributed by atoms with Crippen LogP contribution < -0.4 is 4.90 Å². The van der Waals surface area contributed by atoms with E-state index >= 15 is 0 Å². The SMILES string of the molecule is Cc1ccc(-c2csc(C3=C(O)CN(c4cc(Cl)ccc4C)C3=N)n2)cc1. The van der Waals surface area contributed by atoms with Gasteiger partial charge in [-0.05, 0) is 31.5 Å². The second kappa shape index (κ2) is 6.83. The van der Waals surface area contributed by atoms with Gasteiger partial charge in [0, 0.05) is 21.7 Å². The number of aromatic nitrogens is 1. The molecule has 0 aliphatic carbocycles. The Kier molecular flexibility index (Phi) is 4.50. The number of benzene rings is 2. The fourth-order valence-corrected chi connectivity index (χ4v) is 4.19. The third kappa shape index (κ3) is 3.24. The zero-order valence-corrected chi connectivity index (χ0v) is 16.5. The van der Waals surface area contributed by atoms with Gasteiger partial charge in [-0.25, -0.2) is 4.98 Å². The molecule has 1 aliphatic rings. The van der Waals surface area contributed by atoms with Crippen molar-refractivity contribution in [2.24, 2.45) is 0 Å². The summed E-state index contributed by atoms with van der Waals surface area (Å²) in [6, 6.07) is 13.7. The third-order valence-electron chi connectivity index (χ3n) is 4.63. The third-order valence-corrected chi connectivity index (χ3v) is 5.73. The maximum Gasteiger partial charge on any atom is 0.139 e. The molecule has 0 atom stereocenters. The largest absolute Gasteiger partial charge is 0.510 e. The topological polar surface area (TPSA) is 60.2 Å². The van der Waals surface area contributed by atoms with Crippen LogP contribution in [0, 0.1) is 19.3 Å². The first-order valence-corrected chi connectivity index (χ1v) is 9.77. The number of aliphatic hydroxyl groups is 1. The van der Waals surface area contributed by atoms with Gasteiger partial charge in [-0.2, -0.15) is 0 Å². The van der Waals surface area contributed by atoms with Crippen LogP contribution in [0.2, 0.25) is 5.02 Å². The monoisotopic (exact) mass is 395 g/mol. The van der Waals surface area contributed by atoms with Crippen LogP contribution in [0.25, 0.3) is 16.8 Å². The Morgan fingerprint density at radius 3 is 2.63 bits per heavy atom. The minimum atomic E-state index is 0.157. The van der Waals surface area contributed by atoms with Crippen LogP contribution in [-0.4, -0.2) is 22.5 Å². The molecule has 3 aromatic rings. The Morgan fingerprint density at radius 2 is 1.89 bits per heavy atom. The Balaban J connectivity index is 1.67. The molecule has 1 aromatic heterocycles. The number of nitrogens with one attached hydrogen (secondary N) is 1. The highest BCUT2D eigenvalue weighted by Gasteiger charge is 2.32. The minimum Gasteiger partial charge on any atom is -0.510 e. The number of rotatable bonds is 3. The molecule has 1 aliphatic heterocycles. The van der Waals surface area contributed by atoms with E-state index in [1.807, 2.05) is 61.7 Å². The van der Waals surface area contributed by atoms with Crippen molar-refractivity contribution in [1.29, 1.82) is 5.41 Å². The van der Waals surface area contributed by atoms with Crippen molar-refractivity contribution in [2.45, 2.75) is 13.8 Å². The van der Waals surface area contributed by atoms with Gasteiger partial charge in [0.15, 0.2) is 0 Å². The highest BCUT2D eigenvalue weighted by molar-refractivity contribution is 7.11. The lowest BCUT2D eigenvalue weighted by Gasteiger charge is -2.21. The van der Waals surface area contributed by atoms with E-state index in [9.17, 15) is 5.11 Å². The van der Waals surface area contributed by atoms with Crippen molar-refractivity contribution in [1.82, 2.24) is 4.98 Å². The lowest BCUT2D eigenvalue weighted by Crippen LogP contribution is -2.26. The summed E-state index contributed by atoms with van der Waals surface area (Å²) in [6.07, 6.45) is 0. The van der Waals surface area contributed by atoms with Gasteiger partial charge in [0.25, 0.3) is 0 Å². The van der Waals surface area contributed by atoms with Crippen molar-refractivity contribution < 1.29 is 5.11 Å². The molecule has 136 valence electrons. The van der Waals surface area contributed by atoms with E-state index in [2.05, 4.69) is 4.98 Å². The molecule has 0 unspecified atom stereocenters. The summed E-state index contributed by atoms with van der Waals surface area (Å²) in [4.78, 5) is 6.43. The molecular formula is C21H18ClN3OS. The van der Waals surface area contributed by atoms with Crippen molar-refractivity contribution in [3.05, 3.63) is 74.8 Å². The first kappa shape index (κ1) is 17.8. The van der Waals surface area contributed by atoms with E-state index in [-0.39, 0.29) is 18.1 Å². The lowest BCUT2D eigenvalue weighted by atomic mass is 10.1. The van der Waals surface area contributed by atoms with Gasteiger partial charge in [0.1, 0.15) is 16.6 Å². The van der Waals surface area contributed by atoms with Crippen molar-refractivity contribution in [3.8, 4) is 11.3 Å². The maximum absolute atomic E-state index is 10.6. The predicted octanol–water partition coefficient (Wildman–Crippen LogP) is 5.85. The number of hydrogen-bond donors (Lipinski definition) is 2. The first-order valence-electron chi connectivity index (χ1n) is 8.51. The van der Waals surface area contributed by atoms with Gasteiger partial charge in [0.05, 0.1) is 17.8 Å². The Hall–Kier alpha value is -2.63. The van der Waals surface area contributed by atoms with Gasteiger partial charge in [0.2, 0.25) is 0 Å². The molecule has 6 heteroatoms. The van der Waals surface area contributed by atoms with Gasteiger partial charge < -0.3 is 10.0 Å². The summed E-state index contributed by atoms with van der Waals surface area (Å²) in [6.45, 7) is 4.26. The van der Waals surface area contributed by atoms with Crippen LogP contribution >= 0.6 is 22.9 Å². The standard InChI is InChI=1S/C21H18ClN3OS/c1-12-3-6-14(7-4-12)16-11-27-21(24-16)19-18(26)10-25(20(19)23)17-9-15(22)8-5-13(17)2/h3-9,11,23,26H,10H2,1-2H3. The number of aryl methyl sites for hydroxylation is 2. The van der Waals surface area contributed by atoms with Gasteiger partial charge in [-0.3, -0.25) is 5.41 Å². The predicted molar refractivity (Wildman–Crippen MR) is 113 cm³/mol. The number of thiazole rings is 1. The molecule has 4 nitrogen and oxygen atoms in total. The van der Waals surface area contributed by atoms with E-state index in [0.29, 0.717) is 15.6 Å². The smallest absolute Gasteiger partial charge is 0.139 e. The van der Waals surface area contributed by atoms with Crippen LogP contribution in [-0.2, 0) is 0 Å². The number of amidine groups is 1. The van der Waals surface area contributed by atoms with E-state index < -0.39 is 0 Å². The summed E-state index contributed by atoms with van der Waals surface area (Å²) in [5.74, 6) is 0.395. The summed E-state index contributed by atoms with van der Waals surface area (Å²) >= 11 is 7.57. The lowest BCUT2D eigenvalue weighted by molar-refractivity contribution is 0.411. The molecule has 2 N–H and O–H groups in total. The zero-order valence-electron chi connectivity index (χ0n) is 15.0.